The monoisotopic (exact) mass is 338 g/mol. The number of hydrogen-bond donors (Lipinski definition) is 0. The van der Waals surface area contributed by atoms with E-state index >= 15 is 0 Å². The topological polar surface area (TPSA) is 42.4 Å². The molecule has 0 aliphatic heterocycles. The highest BCUT2D eigenvalue weighted by Gasteiger charge is 2.17. The van der Waals surface area contributed by atoms with Gasteiger partial charge in [0.25, 0.3) is 5.91 Å². The summed E-state index contributed by atoms with van der Waals surface area (Å²) < 4.78 is 5.34. The molecule has 0 saturated carbocycles. The number of aromatic nitrogens is 1. The van der Waals surface area contributed by atoms with E-state index in [9.17, 15) is 4.79 Å². The SMILES string of the molecule is COc1ccccc1CN(C)C(=O)c1csc(-c2ccccc2)n1. The third-order valence-electron chi connectivity index (χ3n) is 3.69. The van der Waals surface area contributed by atoms with E-state index in [1.165, 1.54) is 11.3 Å². The van der Waals surface area contributed by atoms with Gasteiger partial charge >= 0.3 is 0 Å². The third kappa shape index (κ3) is 3.46. The molecule has 5 heteroatoms. The molecule has 122 valence electrons. The van der Waals surface area contributed by atoms with Crippen LogP contribution >= 0.6 is 11.3 Å². The minimum absolute atomic E-state index is 0.0978. The van der Waals surface area contributed by atoms with Crippen LogP contribution in [0.4, 0.5) is 0 Å². The second kappa shape index (κ2) is 7.27. The largest absolute Gasteiger partial charge is 0.496 e. The fourth-order valence-corrected chi connectivity index (χ4v) is 3.24. The maximum absolute atomic E-state index is 12.6. The highest BCUT2D eigenvalue weighted by atomic mass is 32.1. The lowest BCUT2D eigenvalue weighted by molar-refractivity contribution is 0.0779. The molecule has 0 N–H and O–H groups in total. The van der Waals surface area contributed by atoms with E-state index in [0.29, 0.717) is 12.2 Å². The van der Waals surface area contributed by atoms with Gasteiger partial charge in [0.2, 0.25) is 0 Å². The normalized spacial score (nSPS) is 10.4. The van der Waals surface area contributed by atoms with Crippen molar-refractivity contribution in [3.05, 3.63) is 71.2 Å². The van der Waals surface area contributed by atoms with Crippen molar-refractivity contribution in [3.63, 3.8) is 0 Å². The molecule has 0 aliphatic carbocycles. The number of carbonyl (C=O) groups excluding carboxylic acids is 1. The molecule has 4 nitrogen and oxygen atoms in total. The van der Waals surface area contributed by atoms with E-state index in [1.54, 1.807) is 19.1 Å². The van der Waals surface area contributed by atoms with Crippen molar-refractivity contribution < 1.29 is 9.53 Å². The average Bonchev–Trinajstić information content (AvgIpc) is 3.12. The van der Waals surface area contributed by atoms with Gasteiger partial charge < -0.3 is 9.64 Å². The Balaban J connectivity index is 1.76. The summed E-state index contributed by atoms with van der Waals surface area (Å²) in [6, 6.07) is 17.6. The Labute approximate surface area is 145 Å². The summed E-state index contributed by atoms with van der Waals surface area (Å²) in [5.74, 6) is 0.680. The van der Waals surface area contributed by atoms with E-state index < -0.39 is 0 Å². The van der Waals surface area contributed by atoms with Gasteiger partial charge in [-0.05, 0) is 6.07 Å². The maximum atomic E-state index is 12.6. The number of benzene rings is 2. The quantitative estimate of drug-likeness (QED) is 0.704. The van der Waals surface area contributed by atoms with Crippen LogP contribution in [0.5, 0.6) is 5.75 Å². The van der Waals surface area contributed by atoms with Crippen LogP contribution in [-0.4, -0.2) is 29.9 Å². The van der Waals surface area contributed by atoms with E-state index in [0.717, 1.165) is 21.9 Å². The van der Waals surface area contributed by atoms with Crippen molar-refractivity contribution >= 4 is 17.2 Å². The Bertz CT molecular complexity index is 830. The molecule has 1 aromatic heterocycles. The Morgan fingerprint density at radius 1 is 1.12 bits per heavy atom. The zero-order valence-electron chi connectivity index (χ0n) is 13.6. The number of ether oxygens (including phenoxy) is 1. The van der Waals surface area contributed by atoms with Crippen molar-refractivity contribution in [3.8, 4) is 16.3 Å². The second-order valence-electron chi connectivity index (χ2n) is 5.38. The molecule has 0 spiro atoms. The zero-order chi connectivity index (χ0) is 16.9. The van der Waals surface area contributed by atoms with Crippen LogP contribution in [0.1, 0.15) is 16.1 Å². The molecule has 0 radical (unpaired) electrons. The third-order valence-corrected chi connectivity index (χ3v) is 4.58. The lowest BCUT2D eigenvalue weighted by atomic mass is 10.2. The number of thiazole rings is 1. The Kier molecular flexibility index (Phi) is 4.91. The molecule has 0 aliphatic rings. The average molecular weight is 338 g/mol. The summed E-state index contributed by atoms with van der Waals surface area (Å²) in [6.07, 6.45) is 0. The molecule has 0 atom stereocenters. The van der Waals surface area contributed by atoms with Crippen molar-refractivity contribution in [2.75, 3.05) is 14.2 Å². The molecular weight excluding hydrogens is 320 g/mol. The minimum Gasteiger partial charge on any atom is -0.496 e. The number of nitrogens with zero attached hydrogens (tertiary/aromatic N) is 2. The number of amides is 1. The van der Waals surface area contributed by atoms with Crippen molar-refractivity contribution in [2.24, 2.45) is 0 Å². The van der Waals surface area contributed by atoms with Crippen LogP contribution in [0.25, 0.3) is 10.6 Å². The van der Waals surface area contributed by atoms with Crippen molar-refractivity contribution in [1.29, 1.82) is 0 Å². The lowest BCUT2D eigenvalue weighted by Gasteiger charge is -2.17. The number of hydrogen-bond acceptors (Lipinski definition) is 4. The predicted octanol–water partition coefficient (Wildman–Crippen LogP) is 4.09. The van der Waals surface area contributed by atoms with Crippen LogP contribution in [0.15, 0.2) is 60.0 Å². The summed E-state index contributed by atoms with van der Waals surface area (Å²) in [7, 11) is 3.41. The maximum Gasteiger partial charge on any atom is 0.273 e. The zero-order valence-corrected chi connectivity index (χ0v) is 14.4. The van der Waals surface area contributed by atoms with Gasteiger partial charge in [0.05, 0.1) is 7.11 Å². The summed E-state index contributed by atoms with van der Waals surface area (Å²) in [5.41, 5.74) is 2.46. The van der Waals surface area contributed by atoms with Gasteiger partial charge in [0, 0.05) is 30.1 Å². The summed E-state index contributed by atoms with van der Waals surface area (Å²) in [4.78, 5) is 18.8. The molecular formula is C19H18N2O2S. The summed E-state index contributed by atoms with van der Waals surface area (Å²) in [6.45, 7) is 0.473. The number of methoxy groups -OCH3 is 1. The molecule has 3 rings (SSSR count). The van der Waals surface area contributed by atoms with Gasteiger partial charge in [-0.15, -0.1) is 11.3 Å². The first-order valence-corrected chi connectivity index (χ1v) is 8.45. The standard InChI is InChI=1S/C19H18N2O2S/c1-21(12-15-10-6-7-11-17(15)23-2)19(22)16-13-24-18(20-16)14-8-4-3-5-9-14/h3-11,13H,12H2,1-2H3. The van der Waals surface area contributed by atoms with Crippen LogP contribution in [0.2, 0.25) is 0 Å². The highest BCUT2D eigenvalue weighted by molar-refractivity contribution is 7.13. The van der Waals surface area contributed by atoms with Crippen LogP contribution in [0.3, 0.4) is 0 Å². The number of rotatable bonds is 5. The fraction of sp³-hybridized carbons (Fsp3) is 0.158. The smallest absolute Gasteiger partial charge is 0.273 e. The molecule has 0 unspecified atom stereocenters. The molecule has 3 aromatic rings. The van der Waals surface area contributed by atoms with Gasteiger partial charge in [0.1, 0.15) is 16.5 Å². The van der Waals surface area contributed by atoms with Crippen LogP contribution in [-0.2, 0) is 6.54 Å². The van der Waals surface area contributed by atoms with Gasteiger partial charge in [-0.2, -0.15) is 0 Å². The van der Waals surface area contributed by atoms with Crippen molar-refractivity contribution in [2.45, 2.75) is 6.54 Å². The van der Waals surface area contributed by atoms with Gasteiger partial charge in [-0.25, -0.2) is 4.98 Å². The lowest BCUT2D eigenvalue weighted by Crippen LogP contribution is -2.26. The second-order valence-corrected chi connectivity index (χ2v) is 6.24. The van der Waals surface area contributed by atoms with Crippen LogP contribution < -0.4 is 4.74 Å². The van der Waals surface area contributed by atoms with Gasteiger partial charge in [-0.1, -0.05) is 48.5 Å². The molecule has 1 heterocycles. The van der Waals surface area contributed by atoms with Crippen molar-refractivity contribution in [1.82, 2.24) is 9.88 Å². The molecule has 1 amide bonds. The Hall–Kier alpha value is -2.66. The summed E-state index contributed by atoms with van der Waals surface area (Å²) >= 11 is 1.48. The van der Waals surface area contributed by atoms with Gasteiger partial charge in [-0.3, -0.25) is 4.79 Å². The molecule has 0 bridgehead atoms. The molecule has 0 saturated heterocycles. The highest BCUT2D eigenvalue weighted by Crippen LogP contribution is 2.24. The van der Waals surface area contributed by atoms with E-state index in [4.69, 9.17) is 4.74 Å². The Morgan fingerprint density at radius 2 is 1.83 bits per heavy atom. The first-order chi connectivity index (χ1) is 11.7. The van der Waals surface area contributed by atoms with Gasteiger partial charge in [0.15, 0.2) is 0 Å². The van der Waals surface area contributed by atoms with E-state index in [-0.39, 0.29) is 5.91 Å². The van der Waals surface area contributed by atoms with Crippen LogP contribution in [0, 0.1) is 0 Å². The first kappa shape index (κ1) is 16.2. The van der Waals surface area contributed by atoms with E-state index in [2.05, 4.69) is 4.98 Å². The predicted molar refractivity (Wildman–Crippen MR) is 96.3 cm³/mol. The molecule has 2 aromatic carbocycles. The minimum atomic E-state index is -0.0978. The summed E-state index contributed by atoms with van der Waals surface area (Å²) in [5, 5.41) is 2.66. The Morgan fingerprint density at radius 3 is 2.58 bits per heavy atom. The first-order valence-electron chi connectivity index (χ1n) is 7.57. The fourth-order valence-electron chi connectivity index (χ4n) is 2.44. The molecule has 0 fully saturated rings. The number of para-hydroxylation sites is 1. The van der Waals surface area contributed by atoms with E-state index in [1.807, 2.05) is 60.0 Å². The molecule has 24 heavy (non-hydrogen) atoms. The number of carbonyl (C=O) groups is 1.